The Kier molecular flexibility index (Phi) is 5.83. The third-order valence-electron chi connectivity index (χ3n) is 5.54. The van der Waals surface area contributed by atoms with Crippen molar-refractivity contribution in [3.8, 4) is 0 Å². The summed E-state index contributed by atoms with van der Waals surface area (Å²) in [6.45, 7) is 6.04. The number of carbonyl (C=O) groups is 1. The second-order valence-electron chi connectivity index (χ2n) is 7.58. The third kappa shape index (κ3) is 4.02. The van der Waals surface area contributed by atoms with Crippen LogP contribution in [0.15, 0.2) is 59.1 Å². The van der Waals surface area contributed by atoms with E-state index in [4.69, 9.17) is 4.74 Å². The van der Waals surface area contributed by atoms with E-state index in [0.717, 1.165) is 36.1 Å². The van der Waals surface area contributed by atoms with Gasteiger partial charge in [-0.2, -0.15) is 0 Å². The zero-order chi connectivity index (χ0) is 18.6. The molecular weight excluding hydrogens is 390 g/mol. The Hall–Kier alpha value is -1.65. The minimum absolute atomic E-state index is 0.0598. The molecule has 0 atom stereocenters. The number of ether oxygens (including phenoxy) is 1. The van der Waals surface area contributed by atoms with E-state index in [-0.39, 0.29) is 11.3 Å². The van der Waals surface area contributed by atoms with Crippen molar-refractivity contribution in [2.75, 3.05) is 19.8 Å². The Morgan fingerprint density at radius 2 is 1.81 bits per heavy atom. The molecule has 1 amide bonds. The highest BCUT2D eigenvalue weighted by Crippen LogP contribution is 2.36. The average Bonchev–Trinajstić information content (AvgIpc) is 2.67. The van der Waals surface area contributed by atoms with Gasteiger partial charge in [0.2, 0.25) is 5.91 Å². The summed E-state index contributed by atoms with van der Waals surface area (Å²) in [5.74, 6) is 0.0598. The number of benzene rings is 2. The summed E-state index contributed by atoms with van der Waals surface area (Å²) >= 11 is 3.58. The molecule has 4 heteroatoms. The minimum atomic E-state index is -0.565. The maximum Gasteiger partial charge on any atom is 0.230 e. The van der Waals surface area contributed by atoms with Crippen LogP contribution in [0.2, 0.25) is 0 Å². The molecule has 138 valence electrons. The van der Waals surface area contributed by atoms with E-state index in [9.17, 15) is 4.79 Å². The van der Waals surface area contributed by atoms with Crippen LogP contribution in [0.25, 0.3) is 0 Å². The standard InChI is InChI=1S/C22H26BrNO2/c1-21(2,17-7-4-3-5-8-17)20(25)24-16-22(11-13-26-14-12-22)18-9-6-10-19(23)15-18/h3-10,15H,11-14,16H2,1-2H3,(H,24,25). The SMILES string of the molecule is CC(C)(C(=O)NCC1(c2cccc(Br)c2)CCOCC1)c1ccccc1. The summed E-state index contributed by atoms with van der Waals surface area (Å²) < 4.78 is 6.66. The van der Waals surface area contributed by atoms with Gasteiger partial charge in [0.1, 0.15) is 0 Å². The van der Waals surface area contributed by atoms with Gasteiger partial charge in [-0.3, -0.25) is 4.79 Å². The van der Waals surface area contributed by atoms with Crippen LogP contribution in [-0.2, 0) is 20.4 Å². The molecule has 2 aromatic carbocycles. The van der Waals surface area contributed by atoms with Gasteiger partial charge in [0.25, 0.3) is 0 Å². The van der Waals surface area contributed by atoms with Gasteiger partial charge in [-0.1, -0.05) is 58.4 Å². The lowest BCUT2D eigenvalue weighted by Gasteiger charge is -2.39. The molecule has 1 saturated heterocycles. The fraction of sp³-hybridized carbons (Fsp3) is 0.409. The van der Waals surface area contributed by atoms with Crippen molar-refractivity contribution in [3.63, 3.8) is 0 Å². The molecule has 0 spiro atoms. The van der Waals surface area contributed by atoms with Crippen molar-refractivity contribution in [2.45, 2.75) is 37.5 Å². The van der Waals surface area contributed by atoms with Crippen molar-refractivity contribution in [1.29, 1.82) is 0 Å². The topological polar surface area (TPSA) is 38.3 Å². The van der Waals surface area contributed by atoms with Crippen LogP contribution in [0.3, 0.4) is 0 Å². The van der Waals surface area contributed by atoms with Gasteiger partial charge >= 0.3 is 0 Å². The quantitative estimate of drug-likeness (QED) is 0.774. The van der Waals surface area contributed by atoms with Gasteiger partial charge in [-0.25, -0.2) is 0 Å². The van der Waals surface area contributed by atoms with Crippen molar-refractivity contribution in [2.24, 2.45) is 0 Å². The third-order valence-corrected chi connectivity index (χ3v) is 6.03. The van der Waals surface area contributed by atoms with E-state index in [0.29, 0.717) is 6.54 Å². The van der Waals surface area contributed by atoms with Crippen LogP contribution >= 0.6 is 15.9 Å². The molecule has 1 aliphatic heterocycles. The summed E-state index contributed by atoms with van der Waals surface area (Å²) in [7, 11) is 0. The molecule has 0 saturated carbocycles. The maximum absolute atomic E-state index is 13.0. The van der Waals surface area contributed by atoms with Crippen LogP contribution < -0.4 is 5.32 Å². The molecule has 0 aliphatic carbocycles. The fourth-order valence-corrected chi connectivity index (χ4v) is 4.00. The molecule has 0 aromatic heterocycles. The smallest absolute Gasteiger partial charge is 0.230 e. The van der Waals surface area contributed by atoms with Crippen molar-refractivity contribution in [3.05, 3.63) is 70.2 Å². The summed E-state index contributed by atoms with van der Waals surface area (Å²) in [6, 6.07) is 18.4. The van der Waals surface area contributed by atoms with E-state index >= 15 is 0 Å². The van der Waals surface area contributed by atoms with E-state index in [1.54, 1.807) is 0 Å². The molecule has 26 heavy (non-hydrogen) atoms. The molecule has 3 rings (SSSR count). The van der Waals surface area contributed by atoms with Crippen LogP contribution in [0.1, 0.15) is 37.8 Å². The van der Waals surface area contributed by atoms with Crippen LogP contribution in [0.5, 0.6) is 0 Å². The van der Waals surface area contributed by atoms with Gasteiger partial charge in [0.15, 0.2) is 0 Å². The monoisotopic (exact) mass is 415 g/mol. The molecule has 0 unspecified atom stereocenters. The fourth-order valence-electron chi connectivity index (χ4n) is 3.60. The molecule has 2 aromatic rings. The first kappa shape index (κ1) is 19.1. The molecular formula is C22H26BrNO2. The van der Waals surface area contributed by atoms with Crippen LogP contribution in [-0.4, -0.2) is 25.7 Å². The van der Waals surface area contributed by atoms with E-state index in [2.05, 4.69) is 39.4 Å². The Labute approximate surface area is 164 Å². The highest BCUT2D eigenvalue weighted by Gasteiger charge is 2.37. The number of hydrogen-bond acceptors (Lipinski definition) is 2. The van der Waals surface area contributed by atoms with Gasteiger partial charge < -0.3 is 10.1 Å². The summed E-state index contributed by atoms with van der Waals surface area (Å²) in [5.41, 5.74) is 1.64. The average molecular weight is 416 g/mol. The minimum Gasteiger partial charge on any atom is -0.381 e. The van der Waals surface area contributed by atoms with Gasteiger partial charge in [0.05, 0.1) is 5.41 Å². The van der Waals surface area contributed by atoms with Crippen molar-refractivity contribution >= 4 is 21.8 Å². The van der Waals surface area contributed by atoms with Gasteiger partial charge in [0, 0.05) is 29.6 Å². The lowest BCUT2D eigenvalue weighted by molar-refractivity contribution is -0.126. The molecule has 3 nitrogen and oxygen atoms in total. The predicted molar refractivity (Wildman–Crippen MR) is 108 cm³/mol. The first-order valence-corrected chi connectivity index (χ1v) is 9.91. The van der Waals surface area contributed by atoms with E-state index in [1.807, 2.05) is 50.2 Å². The summed E-state index contributed by atoms with van der Waals surface area (Å²) in [5, 5.41) is 3.24. The van der Waals surface area contributed by atoms with E-state index in [1.165, 1.54) is 5.56 Å². The first-order valence-electron chi connectivity index (χ1n) is 9.12. The molecule has 0 radical (unpaired) electrons. The molecule has 1 N–H and O–H groups in total. The molecule has 1 heterocycles. The molecule has 1 fully saturated rings. The number of amides is 1. The lowest BCUT2D eigenvalue weighted by atomic mass is 9.73. The largest absolute Gasteiger partial charge is 0.381 e. The van der Waals surface area contributed by atoms with Crippen molar-refractivity contribution < 1.29 is 9.53 Å². The van der Waals surface area contributed by atoms with Crippen LogP contribution in [0, 0.1) is 0 Å². The van der Waals surface area contributed by atoms with E-state index < -0.39 is 5.41 Å². The maximum atomic E-state index is 13.0. The normalized spacial score (nSPS) is 16.9. The Morgan fingerprint density at radius 3 is 2.46 bits per heavy atom. The second-order valence-corrected chi connectivity index (χ2v) is 8.49. The second kappa shape index (κ2) is 7.93. The molecule has 0 bridgehead atoms. The zero-order valence-corrected chi connectivity index (χ0v) is 17.0. The number of halogens is 1. The van der Waals surface area contributed by atoms with Crippen LogP contribution in [0.4, 0.5) is 0 Å². The highest BCUT2D eigenvalue weighted by molar-refractivity contribution is 9.10. The number of carbonyl (C=O) groups excluding carboxylic acids is 1. The molecule has 1 aliphatic rings. The lowest BCUT2D eigenvalue weighted by Crippen LogP contribution is -2.48. The summed E-state index contributed by atoms with van der Waals surface area (Å²) in [6.07, 6.45) is 1.82. The Balaban J connectivity index is 1.79. The summed E-state index contributed by atoms with van der Waals surface area (Å²) in [4.78, 5) is 13.0. The zero-order valence-electron chi connectivity index (χ0n) is 15.4. The number of nitrogens with one attached hydrogen (secondary N) is 1. The number of hydrogen-bond donors (Lipinski definition) is 1. The first-order chi connectivity index (χ1) is 12.4. The Bertz CT molecular complexity index is 752. The Morgan fingerprint density at radius 1 is 1.12 bits per heavy atom. The predicted octanol–water partition coefficient (Wildman–Crippen LogP) is 4.59. The number of rotatable bonds is 5. The van der Waals surface area contributed by atoms with Gasteiger partial charge in [-0.05, 0) is 49.9 Å². The van der Waals surface area contributed by atoms with Crippen molar-refractivity contribution in [1.82, 2.24) is 5.32 Å². The van der Waals surface area contributed by atoms with Gasteiger partial charge in [-0.15, -0.1) is 0 Å². The highest BCUT2D eigenvalue weighted by atomic mass is 79.9.